The lowest BCUT2D eigenvalue weighted by molar-refractivity contribution is -0.0665. The fourth-order valence-corrected chi connectivity index (χ4v) is 0.312. The lowest BCUT2D eigenvalue weighted by Crippen LogP contribution is -2.36. The first-order valence-electron chi connectivity index (χ1n) is 3.22. The van der Waals surface area contributed by atoms with Gasteiger partial charge in [0.25, 0.3) is 0 Å². The van der Waals surface area contributed by atoms with Crippen molar-refractivity contribution in [2.75, 3.05) is 7.05 Å². The summed E-state index contributed by atoms with van der Waals surface area (Å²) in [5.74, 6) is 0. The smallest absolute Gasteiger partial charge is 0.379 e. The monoisotopic (exact) mass is 200 g/mol. The van der Waals surface area contributed by atoms with Crippen LogP contribution in [0.15, 0.2) is 0 Å². The van der Waals surface area contributed by atoms with Gasteiger partial charge in [0.2, 0.25) is 0 Å². The Morgan fingerprint density at radius 1 is 1.17 bits per heavy atom. The van der Waals surface area contributed by atoms with Crippen LogP contribution in [0.3, 0.4) is 0 Å². The first kappa shape index (κ1) is 14.4. The van der Waals surface area contributed by atoms with E-state index in [1.165, 1.54) is 4.90 Å². The van der Waals surface area contributed by atoms with E-state index in [2.05, 4.69) is 0 Å². The lowest BCUT2D eigenvalue weighted by Gasteiger charge is -2.22. The van der Waals surface area contributed by atoms with Gasteiger partial charge in [-0.05, 0) is 20.9 Å². The van der Waals surface area contributed by atoms with Crippen molar-refractivity contribution in [3.8, 4) is 0 Å². The largest absolute Gasteiger partial charge is 0.692 e. The van der Waals surface area contributed by atoms with Gasteiger partial charge in [0.15, 0.2) is 0 Å². The Morgan fingerprint density at radius 2 is 1.33 bits per heavy atom. The lowest BCUT2D eigenvalue weighted by atomic mass is 10.5. The molecule has 4 N–H and O–H groups in total. The van der Waals surface area contributed by atoms with Crippen LogP contribution in [0.4, 0.5) is 0 Å². The predicted molar refractivity (Wildman–Crippen MR) is 43.2 cm³/mol. The summed E-state index contributed by atoms with van der Waals surface area (Å²) in [6.07, 6.45) is -1.15. The molecule has 12 heavy (non-hydrogen) atoms. The van der Waals surface area contributed by atoms with Gasteiger partial charge in [-0.15, -0.1) is 9.79 Å². The zero-order valence-corrected chi connectivity index (χ0v) is 8.14. The summed E-state index contributed by atoms with van der Waals surface area (Å²) in [4.78, 5) is 15.7. The number of hydrogen-bond donors (Lipinski definition) is 4. The maximum atomic E-state index is 8.76. The maximum Gasteiger partial charge on any atom is 0.692 e. The number of aliphatic hydroxyl groups excluding tert-OH is 2. The minimum absolute atomic E-state index is 0.574. The third-order valence-corrected chi connectivity index (χ3v) is 1.18. The van der Waals surface area contributed by atoms with E-state index in [1.54, 1.807) is 20.9 Å². The van der Waals surface area contributed by atoms with Crippen LogP contribution in [0, 0.1) is 0 Å². The minimum atomic E-state index is -2.87. The van der Waals surface area contributed by atoms with Crippen molar-refractivity contribution in [1.29, 1.82) is 0 Å². The summed E-state index contributed by atoms with van der Waals surface area (Å²) in [5.41, 5.74) is 0. The van der Waals surface area contributed by atoms with Crippen LogP contribution >= 0.6 is 8.25 Å². The first-order chi connectivity index (χ1) is 5.29. The van der Waals surface area contributed by atoms with Gasteiger partial charge in [0, 0.05) is 4.57 Å². The Labute approximate surface area is 72.0 Å². The molecule has 0 amide bonds. The van der Waals surface area contributed by atoms with Crippen LogP contribution in [0.1, 0.15) is 13.8 Å². The second-order valence-electron chi connectivity index (χ2n) is 2.18. The molecule has 0 aromatic rings. The second kappa shape index (κ2) is 7.54. The molecule has 0 radical (unpaired) electrons. The first-order valence-corrected chi connectivity index (χ1v) is 4.38. The average Bonchev–Trinajstić information content (AvgIpc) is 1.84. The molecular weight excluding hydrogens is 185 g/mol. The van der Waals surface area contributed by atoms with E-state index in [4.69, 9.17) is 24.6 Å². The highest BCUT2D eigenvalue weighted by Gasteiger charge is 2.08. The summed E-state index contributed by atoms with van der Waals surface area (Å²) in [6.45, 7) is 3.21. The second-order valence-corrected chi connectivity index (χ2v) is 2.69. The van der Waals surface area contributed by atoms with Crippen molar-refractivity contribution in [3.05, 3.63) is 0 Å². The Morgan fingerprint density at radius 3 is 1.33 bits per heavy atom. The zero-order chi connectivity index (χ0) is 10.3. The maximum absolute atomic E-state index is 8.76. The highest BCUT2D eigenvalue weighted by Crippen LogP contribution is 1.98. The van der Waals surface area contributed by atoms with Gasteiger partial charge in [-0.3, -0.25) is 4.90 Å². The highest BCUT2D eigenvalue weighted by molar-refractivity contribution is 7.30. The highest BCUT2D eigenvalue weighted by atomic mass is 31.1. The molecule has 0 fully saturated rings. The van der Waals surface area contributed by atoms with Crippen molar-refractivity contribution in [3.63, 3.8) is 0 Å². The standard InChI is InChI=1S/C5H13NO2.HO3P/c1-4(7)6(3)5(2)8;1-4(2)3/h4-5,7-8H,1-3H3;(H-,1,2,3)/p+1. The summed E-state index contributed by atoms with van der Waals surface area (Å²) < 4.78 is 8.70. The van der Waals surface area contributed by atoms with Crippen molar-refractivity contribution in [1.82, 2.24) is 4.90 Å². The normalized spacial score (nSPS) is 14.7. The van der Waals surface area contributed by atoms with Crippen molar-refractivity contribution in [2.45, 2.75) is 26.3 Å². The Bertz CT molecular complexity index is 117. The molecule has 0 aromatic heterocycles. The molecule has 7 heteroatoms. The number of rotatable bonds is 2. The summed E-state index contributed by atoms with van der Waals surface area (Å²) in [7, 11) is -1.22. The predicted octanol–water partition coefficient (Wildman–Crippen LogP) is -0.777. The molecule has 2 unspecified atom stereocenters. The molecule has 0 spiro atoms. The number of aliphatic hydroxyl groups is 2. The molecule has 0 bridgehead atoms. The molecule has 0 saturated carbocycles. The van der Waals surface area contributed by atoms with Gasteiger partial charge < -0.3 is 10.2 Å². The van der Waals surface area contributed by atoms with Crippen molar-refractivity contribution < 1.29 is 24.6 Å². The van der Waals surface area contributed by atoms with Crippen LogP contribution in [0.5, 0.6) is 0 Å². The van der Waals surface area contributed by atoms with Crippen molar-refractivity contribution >= 4 is 8.25 Å². The topological polar surface area (TPSA) is 101 Å². The molecule has 0 saturated heterocycles. The molecule has 74 valence electrons. The van der Waals surface area contributed by atoms with E-state index in [9.17, 15) is 0 Å². The fourth-order valence-electron chi connectivity index (χ4n) is 0.312. The SMILES string of the molecule is CC(O)N(C)C(C)O.O=[P+](O)O. The molecule has 0 aromatic carbocycles. The number of hydrogen-bond acceptors (Lipinski definition) is 4. The van der Waals surface area contributed by atoms with Crippen LogP contribution in [-0.2, 0) is 4.57 Å². The quantitative estimate of drug-likeness (QED) is 0.344. The Balaban J connectivity index is 0. The van der Waals surface area contributed by atoms with Gasteiger partial charge >= 0.3 is 8.25 Å². The van der Waals surface area contributed by atoms with Gasteiger partial charge in [0.05, 0.1) is 0 Å². The minimum Gasteiger partial charge on any atom is -0.379 e. The molecule has 0 rings (SSSR count). The van der Waals surface area contributed by atoms with Gasteiger partial charge in [-0.25, -0.2) is 0 Å². The van der Waals surface area contributed by atoms with Gasteiger partial charge in [-0.1, -0.05) is 0 Å². The van der Waals surface area contributed by atoms with E-state index in [-0.39, 0.29) is 0 Å². The fraction of sp³-hybridized carbons (Fsp3) is 1.00. The van der Waals surface area contributed by atoms with Crippen molar-refractivity contribution in [2.24, 2.45) is 0 Å². The summed E-state index contributed by atoms with van der Waals surface area (Å²) >= 11 is 0. The summed E-state index contributed by atoms with van der Waals surface area (Å²) in [5, 5.41) is 17.5. The molecule has 0 aliphatic carbocycles. The summed E-state index contributed by atoms with van der Waals surface area (Å²) in [6, 6.07) is 0. The molecule has 2 atom stereocenters. The van der Waals surface area contributed by atoms with Crippen LogP contribution in [-0.4, -0.2) is 44.4 Å². The Hall–Kier alpha value is -0.100. The van der Waals surface area contributed by atoms with Crippen LogP contribution in [0.25, 0.3) is 0 Å². The van der Waals surface area contributed by atoms with Crippen LogP contribution < -0.4 is 0 Å². The Kier molecular flexibility index (Phi) is 9.07. The van der Waals surface area contributed by atoms with E-state index in [0.29, 0.717) is 0 Å². The van der Waals surface area contributed by atoms with E-state index in [1.807, 2.05) is 0 Å². The van der Waals surface area contributed by atoms with Gasteiger partial charge in [0.1, 0.15) is 12.5 Å². The van der Waals surface area contributed by atoms with E-state index in [0.717, 1.165) is 0 Å². The molecular formula is C5H15NO5P+. The van der Waals surface area contributed by atoms with E-state index >= 15 is 0 Å². The van der Waals surface area contributed by atoms with Gasteiger partial charge in [-0.2, -0.15) is 0 Å². The molecule has 0 aliphatic heterocycles. The van der Waals surface area contributed by atoms with E-state index < -0.39 is 20.7 Å². The number of nitrogens with zero attached hydrogens (tertiary/aromatic N) is 1. The molecule has 6 nitrogen and oxygen atoms in total. The molecule has 0 heterocycles. The third-order valence-electron chi connectivity index (χ3n) is 1.18. The molecule has 0 aliphatic rings. The van der Waals surface area contributed by atoms with Crippen LogP contribution in [0.2, 0.25) is 0 Å². The third kappa shape index (κ3) is 12.6. The average molecular weight is 200 g/mol. The zero-order valence-electron chi connectivity index (χ0n) is 7.25.